The van der Waals surface area contributed by atoms with Gasteiger partial charge in [-0.05, 0) is 36.9 Å². The SMILES string of the molecule is CCN1CCN(C2=Nc3cc(C(F)(F)F)ccc3Oc3ccccc32)CC1. The number of hydrogen-bond acceptors (Lipinski definition) is 4. The van der Waals surface area contributed by atoms with E-state index in [0.717, 1.165) is 50.4 Å². The Balaban J connectivity index is 1.79. The van der Waals surface area contributed by atoms with Crippen LogP contribution < -0.4 is 4.74 Å². The molecular formula is C20H20F3N3O. The first-order valence-corrected chi connectivity index (χ1v) is 9.00. The first kappa shape index (κ1) is 17.9. The lowest BCUT2D eigenvalue weighted by atomic mass is 10.1. The third-order valence-electron chi connectivity index (χ3n) is 4.98. The maximum Gasteiger partial charge on any atom is 0.416 e. The van der Waals surface area contributed by atoms with Crippen LogP contribution in [0, 0.1) is 0 Å². The molecule has 4 rings (SSSR count). The molecular weight excluding hydrogens is 355 g/mol. The van der Waals surface area contributed by atoms with E-state index in [0.29, 0.717) is 17.3 Å². The van der Waals surface area contributed by atoms with Crippen LogP contribution in [0.4, 0.5) is 18.9 Å². The summed E-state index contributed by atoms with van der Waals surface area (Å²) in [5, 5.41) is 0. The highest BCUT2D eigenvalue weighted by Crippen LogP contribution is 2.41. The van der Waals surface area contributed by atoms with Gasteiger partial charge in [0.1, 0.15) is 17.3 Å². The molecule has 4 nitrogen and oxygen atoms in total. The van der Waals surface area contributed by atoms with Crippen molar-refractivity contribution in [2.75, 3.05) is 32.7 Å². The third kappa shape index (κ3) is 3.51. The number of benzene rings is 2. The van der Waals surface area contributed by atoms with E-state index in [4.69, 9.17) is 4.74 Å². The molecule has 27 heavy (non-hydrogen) atoms. The van der Waals surface area contributed by atoms with E-state index in [-0.39, 0.29) is 5.69 Å². The van der Waals surface area contributed by atoms with Gasteiger partial charge in [-0.3, -0.25) is 0 Å². The van der Waals surface area contributed by atoms with Gasteiger partial charge in [0, 0.05) is 26.2 Å². The van der Waals surface area contributed by atoms with Gasteiger partial charge in [0.25, 0.3) is 0 Å². The molecule has 0 spiro atoms. The molecule has 0 saturated carbocycles. The summed E-state index contributed by atoms with van der Waals surface area (Å²) >= 11 is 0. The number of halogens is 3. The van der Waals surface area contributed by atoms with Crippen LogP contribution in [-0.2, 0) is 6.18 Å². The molecule has 0 aromatic heterocycles. The minimum Gasteiger partial charge on any atom is -0.454 e. The molecule has 2 aliphatic heterocycles. The standard InChI is InChI=1S/C20H20F3N3O/c1-2-25-9-11-26(12-10-25)19-15-5-3-4-6-17(15)27-18-8-7-14(20(21,22)23)13-16(18)24-19/h3-8,13H,2,9-12H2,1H3. The summed E-state index contributed by atoms with van der Waals surface area (Å²) in [6.07, 6.45) is -4.42. The number of piperazine rings is 1. The second kappa shape index (κ2) is 6.88. The van der Waals surface area contributed by atoms with Crippen LogP contribution in [0.5, 0.6) is 11.5 Å². The van der Waals surface area contributed by atoms with Gasteiger partial charge in [0.05, 0.1) is 11.1 Å². The third-order valence-corrected chi connectivity index (χ3v) is 4.98. The minimum atomic E-state index is -4.42. The average Bonchev–Trinajstić information content (AvgIpc) is 2.83. The number of nitrogens with zero attached hydrogens (tertiary/aromatic N) is 3. The van der Waals surface area contributed by atoms with Gasteiger partial charge in [0.15, 0.2) is 5.75 Å². The lowest BCUT2D eigenvalue weighted by Crippen LogP contribution is -2.48. The van der Waals surface area contributed by atoms with Crippen molar-refractivity contribution >= 4 is 11.5 Å². The molecule has 2 aromatic rings. The Bertz CT molecular complexity index is 871. The summed E-state index contributed by atoms with van der Waals surface area (Å²) in [6.45, 7) is 6.45. The van der Waals surface area contributed by atoms with Crippen molar-refractivity contribution in [3.05, 3.63) is 53.6 Å². The Morgan fingerprint density at radius 2 is 1.74 bits per heavy atom. The molecule has 0 atom stereocenters. The highest BCUT2D eigenvalue weighted by atomic mass is 19.4. The number of ether oxygens (including phenoxy) is 1. The Hall–Kier alpha value is -2.54. The van der Waals surface area contributed by atoms with E-state index >= 15 is 0 Å². The van der Waals surface area contributed by atoms with Gasteiger partial charge in [-0.15, -0.1) is 0 Å². The quantitative estimate of drug-likeness (QED) is 0.733. The van der Waals surface area contributed by atoms with Crippen LogP contribution >= 0.6 is 0 Å². The molecule has 1 fully saturated rings. The smallest absolute Gasteiger partial charge is 0.416 e. The predicted molar refractivity (Wildman–Crippen MR) is 97.8 cm³/mol. The first-order chi connectivity index (χ1) is 13.0. The van der Waals surface area contributed by atoms with Gasteiger partial charge < -0.3 is 14.5 Å². The predicted octanol–water partition coefficient (Wildman–Crippen LogP) is 4.53. The fourth-order valence-corrected chi connectivity index (χ4v) is 3.42. The molecule has 0 aliphatic carbocycles. The Labute approximate surface area is 155 Å². The van der Waals surface area contributed by atoms with Gasteiger partial charge in [-0.2, -0.15) is 13.2 Å². The topological polar surface area (TPSA) is 28.1 Å². The molecule has 142 valence electrons. The van der Waals surface area contributed by atoms with E-state index < -0.39 is 11.7 Å². The summed E-state index contributed by atoms with van der Waals surface area (Å²) in [4.78, 5) is 9.10. The molecule has 0 amide bonds. The zero-order chi connectivity index (χ0) is 19.0. The van der Waals surface area contributed by atoms with Crippen molar-refractivity contribution in [2.24, 2.45) is 4.99 Å². The molecule has 1 saturated heterocycles. The van der Waals surface area contributed by atoms with Crippen LogP contribution in [0.25, 0.3) is 0 Å². The van der Waals surface area contributed by atoms with Crippen molar-refractivity contribution in [2.45, 2.75) is 13.1 Å². The monoisotopic (exact) mass is 375 g/mol. The van der Waals surface area contributed by atoms with Crippen molar-refractivity contribution in [3.8, 4) is 11.5 Å². The van der Waals surface area contributed by atoms with Crippen LogP contribution in [0.1, 0.15) is 18.1 Å². The van der Waals surface area contributed by atoms with Gasteiger partial charge in [-0.25, -0.2) is 4.99 Å². The van der Waals surface area contributed by atoms with Crippen LogP contribution in [-0.4, -0.2) is 48.4 Å². The van der Waals surface area contributed by atoms with Crippen molar-refractivity contribution in [1.29, 1.82) is 0 Å². The van der Waals surface area contributed by atoms with Gasteiger partial charge in [-0.1, -0.05) is 19.1 Å². The lowest BCUT2D eigenvalue weighted by Gasteiger charge is -2.36. The second-order valence-corrected chi connectivity index (χ2v) is 6.64. The number of para-hydroxylation sites is 1. The molecule has 0 unspecified atom stereocenters. The van der Waals surface area contributed by atoms with Crippen molar-refractivity contribution in [3.63, 3.8) is 0 Å². The molecule has 2 heterocycles. The maximum absolute atomic E-state index is 13.2. The van der Waals surface area contributed by atoms with Crippen LogP contribution in [0.2, 0.25) is 0 Å². The second-order valence-electron chi connectivity index (χ2n) is 6.64. The fraction of sp³-hybridized carbons (Fsp3) is 0.350. The Morgan fingerprint density at radius 3 is 2.44 bits per heavy atom. The van der Waals surface area contributed by atoms with Gasteiger partial charge in [0.2, 0.25) is 0 Å². The number of rotatable bonds is 1. The highest BCUT2D eigenvalue weighted by Gasteiger charge is 2.32. The number of amidine groups is 1. The number of likely N-dealkylation sites (N-methyl/N-ethyl adjacent to an activating group) is 1. The molecule has 7 heteroatoms. The zero-order valence-corrected chi connectivity index (χ0v) is 15.0. The van der Waals surface area contributed by atoms with E-state index in [9.17, 15) is 13.2 Å². The van der Waals surface area contributed by atoms with E-state index in [1.165, 1.54) is 6.07 Å². The number of aliphatic imine (C=N–C) groups is 1. The molecule has 0 N–H and O–H groups in total. The van der Waals surface area contributed by atoms with Crippen molar-refractivity contribution < 1.29 is 17.9 Å². The summed E-state index contributed by atoms with van der Waals surface area (Å²) in [7, 11) is 0. The van der Waals surface area contributed by atoms with Crippen LogP contribution in [0.3, 0.4) is 0 Å². The molecule has 2 aliphatic rings. The van der Waals surface area contributed by atoms with E-state index in [1.54, 1.807) is 0 Å². The molecule has 0 bridgehead atoms. The highest BCUT2D eigenvalue weighted by molar-refractivity contribution is 6.03. The minimum absolute atomic E-state index is 0.203. The normalized spacial score (nSPS) is 17.5. The number of alkyl halides is 3. The van der Waals surface area contributed by atoms with Gasteiger partial charge >= 0.3 is 6.18 Å². The number of fused-ring (bicyclic) bond motifs is 2. The summed E-state index contributed by atoms with van der Waals surface area (Å²) in [5.74, 6) is 1.60. The summed E-state index contributed by atoms with van der Waals surface area (Å²) < 4.78 is 45.4. The van der Waals surface area contributed by atoms with E-state index in [1.807, 2.05) is 24.3 Å². The molecule has 0 radical (unpaired) electrons. The largest absolute Gasteiger partial charge is 0.454 e. The summed E-state index contributed by atoms with van der Waals surface area (Å²) in [5.41, 5.74) is 0.274. The van der Waals surface area contributed by atoms with Crippen LogP contribution in [0.15, 0.2) is 47.5 Å². The first-order valence-electron chi connectivity index (χ1n) is 9.00. The fourth-order valence-electron chi connectivity index (χ4n) is 3.42. The number of hydrogen-bond donors (Lipinski definition) is 0. The maximum atomic E-state index is 13.2. The van der Waals surface area contributed by atoms with E-state index in [2.05, 4.69) is 21.7 Å². The molecule has 2 aromatic carbocycles. The Kier molecular flexibility index (Phi) is 4.55. The zero-order valence-electron chi connectivity index (χ0n) is 15.0. The average molecular weight is 375 g/mol. The Morgan fingerprint density at radius 1 is 1.00 bits per heavy atom. The lowest BCUT2D eigenvalue weighted by molar-refractivity contribution is -0.137. The summed E-state index contributed by atoms with van der Waals surface area (Å²) in [6, 6.07) is 10.9. The van der Waals surface area contributed by atoms with Crippen molar-refractivity contribution in [1.82, 2.24) is 9.80 Å².